The molecule has 1 aliphatic heterocycles. The van der Waals surface area contributed by atoms with Crippen LogP contribution in [0, 0.1) is 0 Å². The van der Waals surface area contributed by atoms with E-state index in [4.69, 9.17) is 5.11 Å². The van der Waals surface area contributed by atoms with Crippen LogP contribution >= 0.6 is 0 Å². The molecule has 14 heavy (non-hydrogen) atoms. The normalized spacial score (nSPS) is 23.4. The van der Waals surface area contributed by atoms with E-state index in [2.05, 4.69) is 5.32 Å². The lowest BCUT2D eigenvalue weighted by Crippen LogP contribution is -2.42. The van der Waals surface area contributed by atoms with E-state index in [0.29, 0.717) is 13.1 Å². The zero-order valence-corrected chi connectivity index (χ0v) is 8.32. The van der Waals surface area contributed by atoms with Gasteiger partial charge in [-0.05, 0) is 19.9 Å². The molecule has 0 radical (unpaired) electrons. The van der Waals surface area contributed by atoms with Crippen LogP contribution in [0.2, 0.25) is 0 Å². The van der Waals surface area contributed by atoms with Gasteiger partial charge in [0.15, 0.2) is 0 Å². The molecule has 5 nitrogen and oxygen atoms in total. The molecule has 5 heteroatoms. The van der Waals surface area contributed by atoms with E-state index in [1.165, 1.54) is 0 Å². The Kier molecular flexibility index (Phi) is 3.88. The van der Waals surface area contributed by atoms with Gasteiger partial charge in [0.25, 0.3) is 0 Å². The maximum atomic E-state index is 11.6. The Bertz CT molecular complexity index is 230. The Labute approximate surface area is 83.1 Å². The van der Waals surface area contributed by atoms with Crippen molar-refractivity contribution in [1.82, 2.24) is 10.2 Å². The predicted octanol–water partition coefficient (Wildman–Crippen LogP) is -0.328. The van der Waals surface area contributed by atoms with E-state index < -0.39 is 5.97 Å². The largest absolute Gasteiger partial charge is 0.481 e. The number of carboxylic acid groups (broad SMARTS) is 1. The lowest BCUT2D eigenvalue weighted by atomic mass is 10.3. The van der Waals surface area contributed by atoms with Gasteiger partial charge in [-0.1, -0.05) is 0 Å². The summed E-state index contributed by atoms with van der Waals surface area (Å²) < 4.78 is 0. The third-order valence-corrected chi connectivity index (χ3v) is 2.33. The first-order valence-electron chi connectivity index (χ1n) is 4.85. The van der Waals surface area contributed by atoms with Crippen molar-refractivity contribution in [3.05, 3.63) is 0 Å². The Hall–Kier alpha value is -1.10. The van der Waals surface area contributed by atoms with Crippen molar-refractivity contribution >= 4 is 11.9 Å². The van der Waals surface area contributed by atoms with Crippen molar-refractivity contribution in [3.63, 3.8) is 0 Å². The molecule has 1 unspecified atom stereocenters. The monoisotopic (exact) mass is 200 g/mol. The maximum absolute atomic E-state index is 11.6. The molecule has 2 N–H and O–H groups in total. The van der Waals surface area contributed by atoms with Gasteiger partial charge in [-0.15, -0.1) is 0 Å². The minimum Gasteiger partial charge on any atom is -0.481 e. The maximum Gasteiger partial charge on any atom is 0.305 e. The third-order valence-electron chi connectivity index (χ3n) is 2.33. The fourth-order valence-electron chi connectivity index (χ4n) is 1.51. The van der Waals surface area contributed by atoms with Crippen LogP contribution in [-0.4, -0.2) is 47.6 Å². The molecule has 1 aliphatic rings. The van der Waals surface area contributed by atoms with Gasteiger partial charge in [-0.25, -0.2) is 0 Å². The highest BCUT2D eigenvalue weighted by atomic mass is 16.4. The van der Waals surface area contributed by atoms with Crippen LogP contribution in [0.5, 0.6) is 0 Å². The quantitative estimate of drug-likeness (QED) is 0.654. The van der Waals surface area contributed by atoms with Gasteiger partial charge in [-0.2, -0.15) is 0 Å². The first-order chi connectivity index (χ1) is 6.61. The fourth-order valence-corrected chi connectivity index (χ4v) is 1.51. The number of carbonyl (C=O) groups excluding carboxylic acids is 1. The number of carboxylic acids is 1. The summed E-state index contributed by atoms with van der Waals surface area (Å²) in [5.41, 5.74) is 0. The fraction of sp³-hybridized carbons (Fsp3) is 0.778. The van der Waals surface area contributed by atoms with Gasteiger partial charge in [0.2, 0.25) is 5.91 Å². The van der Waals surface area contributed by atoms with E-state index in [1.807, 2.05) is 0 Å². The molecule has 1 amide bonds. The van der Waals surface area contributed by atoms with E-state index in [-0.39, 0.29) is 18.4 Å². The average Bonchev–Trinajstić information content (AvgIpc) is 2.28. The molecular formula is C9H16N2O3. The number of hydrogen-bond donors (Lipinski definition) is 2. The van der Waals surface area contributed by atoms with Gasteiger partial charge >= 0.3 is 5.97 Å². The molecule has 1 saturated heterocycles. The number of carbonyl (C=O) groups is 2. The van der Waals surface area contributed by atoms with Crippen LogP contribution in [0.4, 0.5) is 0 Å². The molecule has 0 bridgehead atoms. The van der Waals surface area contributed by atoms with E-state index in [9.17, 15) is 9.59 Å². The van der Waals surface area contributed by atoms with Crippen LogP contribution in [0.15, 0.2) is 0 Å². The van der Waals surface area contributed by atoms with Gasteiger partial charge in [0, 0.05) is 13.1 Å². The van der Waals surface area contributed by atoms with Crippen molar-refractivity contribution in [3.8, 4) is 0 Å². The van der Waals surface area contributed by atoms with E-state index in [0.717, 1.165) is 13.0 Å². The lowest BCUT2D eigenvalue weighted by Gasteiger charge is -2.21. The Balaban J connectivity index is 2.48. The molecule has 0 spiro atoms. The van der Waals surface area contributed by atoms with E-state index >= 15 is 0 Å². The summed E-state index contributed by atoms with van der Waals surface area (Å²) in [5.74, 6) is -0.855. The number of amides is 1. The van der Waals surface area contributed by atoms with Crippen LogP contribution < -0.4 is 5.32 Å². The zero-order valence-electron chi connectivity index (χ0n) is 8.32. The molecule has 1 rings (SSSR count). The van der Waals surface area contributed by atoms with Crippen LogP contribution in [-0.2, 0) is 9.59 Å². The predicted molar refractivity (Wildman–Crippen MR) is 50.9 cm³/mol. The Morgan fingerprint density at radius 3 is 3.07 bits per heavy atom. The summed E-state index contributed by atoms with van der Waals surface area (Å²) in [6.07, 6.45) is 0.911. The number of rotatable bonds is 3. The first-order valence-corrected chi connectivity index (χ1v) is 4.85. The molecule has 0 aromatic heterocycles. The van der Waals surface area contributed by atoms with Crippen molar-refractivity contribution < 1.29 is 14.7 Å². The summed E-state index contributed by atoms with van der Waals surface area (Å²) in [7, 11) is 0. The molecule has 0 aromatic rings. The van der Waals surface area contributed by atoms with Crippen LogP contribution in [0.1, 0.15) is 19.8 Å². The molecule has 1 fully saturated rings. The van der Waals surface area contributed by atoms with Gasteiger partial charge in [0.05, 0.1) is 12.5 Å². The second-order valence-electron chi connectivity index (χ2n) is 3.50. The highest BCUT2D eigenvalue weighted by molar-refractivity contribution is 5.82. The summed E-state index contributed by atoms with van der Waals surface area (Å²) in [4.78, 5) is 23.6. The summed E-state index contributed by atoms with van der Waals surface area (Å²) in [5, 5.41) is 11.6. The minimum absolute atomic E-state index is 0.00347. The lowest BCUT2D eigenvalue weighted by molar-refractivity contribution is -0.138. The standard InChI is InChI=1S/C9H16N2O3/c1-7-9(14)11(5-2-4-10-7)6-3-8(12)13/h7,10H,2-6H2,1H3,(H,12,13). The minimum atomic E-state index is -0.859. The first kappa shape index (κ1) is 11.0. The van der Waals surface area contributed by atoms with Gasteiger partial charge < -0.3 is 15.3 Å². The smallest absolute Gasteiger partial charge is 0.305 e. The highest BCUT2D eigenvalue weighted by Crippen LogP contribution is 2.03. The number of nitrogens with zero attached hydrogens (tertiary/aromatic N) is 1. The Morgan fingerprint density at radius 1 is 1.71 bits per heavy atom. The second-order valence-corrected chi connectivity index (χ2v) is 3.50. The van der Waals surface area contributed by atoms with Gasteiger partial charge in [0.1, 0.15) is 0 Å². The van der Waals surface area contributed by atoms with Crippen molar-refractivity contribution in [2.75, 3.05) is 19.6 Å². The van der Waals surface area contributed by atoms with Crippen LogP contribution in [0.25, 0.3) is 0 Å². The number of nitrogens with one attached hydrogen (secondary N) is 1. The molecule has 0 aromatic carbocycles. The highest BCUT2D eigenvalue weighted by Gasteiger charge is 2.22. The molecule has 0 aliphatic carbocycles. The molecule has 1 heterocycles. The number of hydrogen-bond acceptors (Lipinski definition) is 3. The van der Waals surface area contributed by atoms with Gasteiger partial charge in [-0.3, -0.25) is 9.59 Å². The van der Waals surface area contributed by atoms with Crippen molar-refractivity contribution in [2.45, 2.75) is 25.8 Å². The molecule has 80 valence electrons. The average molecular weight is 200 g/mol. The number of aliphatic carboxylic acids is 1. The molecule has 1 atom stereocenters. The molecule has 0 saturated carbocycles. The third kappa shape index (κ3) is 2.99. The SMILES string of the molecule is CC1NCCCN(CCC(=O)O)C1=O. The van der Waals surface area contributed by atoms with Crippen molar-refractivity contribution in [2.24, 2.45) is 0 Å². The second kappa shape index (κ2) is 4.95. The topological polar surface area (TPSA) is 69.6 Å². The molecular weight excluding hydrogens is 184 g/mol. The zero-order chi connectivity index (χ0) is 10.6. The van der Waals surface area contributed by atoms with Crippen LogP contribution in [0.3, 0.4) is 0 Å². The Morgan fingerprint density at radius 2 is 2.43 bits per heavy atom. The summed E-state index contributed by atoms with van der Waals surface area (Å²) in [6, 6.07) is -0.189. The van der Waals surface area contributed by atoms with E-state index in [1.54, 1.807) is 11.8 Å². The van der Waals surface area contributed by atoms with Crippen molar-refractivity contribution in [1.29, 1.82) is 0 Å². The summed E-state index contributed by atoms with van der Waals surface area (Å²) in [6.45, 7) is 3.60. The summed E-state index contributed by atoms with van der Waals surface area (Å²) >= 11 is 0.